The van der Waals surface area contributed by atoms with Crippen molar-refractivity contribution in [2.24, 2.45) is 0 Å². The topological polar surface area (TPSA) is 54.0 Å². The van der Waals surface area contributed by atoms with Gasteiger partial charge in [-0.3, -0.25) is 0 Å². The Labute approximate surface area is 149 Å². The van der Waals surface area contributed by atoms with E-state index in [-0.39, 0.29) is 46.9 Å². The first-order valence-corrected chi connectivity index (χ1v) is 9.32. The minimum atomic E-state index is -0.326. The molecular formula is C18H30O5S. The molecule has 0 amide bonds. The third kappa shape index (κ3) is 6.75. The Bertz CT molecular complexity index is 463. The lowest BCUT2D eigenvalue weighted by molar-refractivity contribution is -0.0613. The predicted molar refractivity (Wildman–Crippen MR) is 95.2 cm³/mol. The van der Waals surface area contributed by atoms with Crippen LogP contribution in [0.3, 0.4) is 0 Å². The van der Waals surface area contributed by atoms with E-state index in [0.717, 1.165) is 6.42 Å². The van der Waals surface area contributed by atoms with Gasteiger partial charge in [0.1, 0.15) is 12.9 Å². The first-order valence-electron chi connectivity index (χ1n) is 8.51. The molecule has 2 aliphatic rings. The number of fused-ring (bicyclic) bond motifs is 1. The van der Waals surface area contributed by atoms with Gasteiger partial charge in [0, 0.05) is 17.6 Å². The van der Waals surface area contributed by atoms with Crippen LogP contribution in [-0.2, 0) is 18.9 Å². The molecule has 4 atom stereocenters. The van der Waals surface area contributed by atoms with Crippen molar-refractivity contribution in [3.8, 4) is 0 Å². The number of ether oxygens (including phenoxy) is 4. The van der Waals surface area contributed by atoms with Crippen molar-refractivity contribution in [1.82, 2.24) is 0 Å². The fourth-order valence-electron chi connectivity index (χ4n) is 2.76. The number of hydrogen-bond acceptors (Lipinski definition) is 6. The van der Waals surface area contributed by atoms with Gasteiger partial charge in [-0.15, -0.1) is 0 Å². The quantitative estimate of drug-likeness (QED) is 0.542. The van der Waals surface area contributed by atoms with Crippen LogP contribution in [-0.4, -0.2) is 46.9 Å². The Morgan fingerprint density at radius 2 is 1.54 bits per heavy atom. The fraction of sp³-hybridized carbons (Fsp3) is 0.833. The average Bonchev–Trinajstić information content (AvgIpc) is 2.76. The second kappa shape index (κ2) is 7.77. The summed E-state index contributed by atoms with van der Waals surface area (Å²) in [7, 11) is 0. The summed E-state index contributed by atoms with van der Waals surface area (Å²) in [6.07, 6.45) is 4.76. The summed E-state index contributed by atoms with van der Waals surface area (Å²) < 4.78 is 22.9. The summed E-state index contributed by atoms with van der Waals surface area (Å²) in [5.41, 5.74) is -0.253. The molecule has 1 aliphatic carbocycles. The molecule has 0 bridgehead atoms. The molecule has 0 aromatic carbocycles. The Morgan fingerprint density at radius 3 is 2.08 bits per heavy atom. The Kier molecular flexibility index (Phi) is 6.40. The van der Waals surface area contributed by atoms with Crippen LogP contribution in [0.15, 0.2) is 12.2 Å². The van der Waals surface area contributed by atoms with Crippen molar-refractivity contribution in [2.75, 3.05) is 6.79 Å². The zero-order valence-electron chi connectivity index (χ0n) is 15.5. The third-order valence-corrected chi connectivity index (χ3v) is 4.47. The summed E-state index contributed by atoms with van der Waals surface area (Å²) in [6, 6.07) is 0. The monoisotopic (exact) mass is 358 g/mol. The van der Waals surface area contributed by atoms with E-state index in [4.69, 9.17) is 18.9 Å². The van der Waals surface area contributed by atoms with E-state index >= 15 is 0 Å². The molecule has 138 valence electrons. The normalized spacial score (nSPS) is 32.6. The van der Waals surface area contributed by atoms with Crippen molar-refractivity contribution in [2.45, 2.75) is 89.1 Å². The maximum absolute atomic E-state index is 12.1. The van der Waals surface area contributed by atoms with Gasteiger partial charge in [-0.1, -0.05) is 26.8 Å². The van der Waals surface area contributed by atoms with Crippen molar-refractivity contribution in [1.29, 1.82) is 0 Å². The first-order chi connectivity index (χ1) is 11.0. The van der Waals surface area contributed by atoms with E-state index in [1.165, 1.54) is 11.8 Å². The van der Waals surface area contributed by atoms with Crippen LogP contribution in [0.5, 0.6) is 0 Å². The molecule has 0 saturated carbocycles. The van der Waals surface area contributed by atoms with Crippen LogP contribution in [0.25, 0.3) is 0 Å². The summed E-state index contributed by atoms with van der Waals surface area (Å²) in [4.78, 5) is 12.1. The molecule has 1 fully saturated rings. The molecule has 1 saturated heterocycles. The fourth-order valence-corrected chi connectivity index (χ4v) is 3.43. The number of hydrogen-bond donors (Lipinski definition) is 0. The highest BCUT2D eigenvalue weighted by Gasteiger charge is 2.36. The van der Waals surface area contributed by atoms with E-state index in [0.29, 0.717) is 6.42 Å². The Morgan fingerprint density at radius 1 is 1.00 bits per heavy atom. The predicted octanol–water partition coefficient (Wildman–Crippen LogP) is 4.30. The largest absolute Gasteiger partial charge is 0.450 e. The lowest BCUT2D eigenvalue weighted by atomic mass is 9.96. The van der Waals surface area contributed by atoms with Crippen LogP contribution in [0.2, 0.25) is 0 Å². The Hall–Kier alpha value is -0.560. The molecule has 24 heavy (non-hydrogen) atoms. The van der Waals surface area contributed by atoms with Gasteiger partial charge >= 0.3 is 5.30 Å². The van der Waals surface area contributed by atoms with E-state index in [9.17, 15) is 4.79 Å². The molecule has 4 unspecified atom stereocenters. The van der Waals surface area contributed by atoms with Gasteiger partial charge in [0.2, 0.25) is 0 Å². The lowest BCUT2D eigenvalue weighted by Crippen LogP contribution is -2.36. The van der Waals surface area contributed by atoms with Gasteiger partial charge in [-0.05, 0) is 38.6 Å². The number of carbonyl (C=O) groups excluding carboxylic acids is 1. The second-order valence-corrected chi connectivity index (χ2v) is 10.0. The molecule has 0 aromatic rings. The van der Waals surface area contributed by atoms with Crippen molar-refractivity contribution in [3.05, 3.63) is 12.2 Å². The zero-order valence-corrected chi connectivity index (χ0v) is 16.4. The zero-order chi connectivity index (χ0) is 18.0. The summed E-state index contributed by atoms with van der Waals surface area (Å²) in [5.74, 6) is 0. The number of thioether (sulfide) groups is 1. The lowest BCUT2D eigenvalue weighted by Gasteiger charge is -2.31. The number of rotatable bonds is 2. The SMILES string of the molecule is CC(C)(C)OC1/C=C/C(OC(=O)SC(C)(C)C)CC2OCOC2C1. The second-order valence-electron chi connectivity index (χ2n) is 8.27. The highest BCUT2D eigenvalue weighted by Crippen LogP contribution is 2.30. The standard InChI is InChI=1S/C18H30O5S/c1-17(2,3)23-13-8-7-12(22-16(19)24-18(4,5)6)9-14-15(10-13)21-11-20-14/h7-8,12-15H,9-11H2,1-6H3/b8-7+. The van der Waals surface area contributed by atoms with Gasteiger partial charge in [-0.2, -0.15) is 0 Å². The molecular weight excluding hydrogens is 328 g/mol. The van der Waals surface area contributed by atoms with Gasteiger partial charge in [-0.25, -0.2) is 4.79 Å². The van der Waals surface area contributed by atoms with Crippen LogP contribution in [0.1, 0.15) is 54.4 Å². The third-order valence-electron chi connectivity index (χ3n) is 3.59. The molecule has 1 heterocycles. The first kappa shape index (κ1) is 19.8. The van der Waals surface area contributed by atoms with E-state index in [1.807, 2.05) is 53.7 Å². The van der Waals surface area contributed by atoms with Crippen molar-refractivity contribution >= 4 is 17.1 Å². The maximum atomic E-state index is 12.1. The highest BCUT2D eigenvalue weighted by atomic mass is 32.2. The van der Waals surface area contributed by atoms with Gasteiger partial charge in [0.15, 0.2) is 0 Å². The molecule has 2 rings (SSSR count). The smallest absolute Gasteiger partial charge is 0.368 e. The minimum absolute atomic E-state index is 0.0289. The molecule has 0 N–H and O–H groups in total. The van der Waals surface area contributed by atoms with Gasteiger partial charge in [0.25, 0.3) is 0 Å². The molecule has 0 radical (unpaired) electrons. The Balaban J connectivity index is 2.06. The minimum Gasteiger partial charge on any atom is -0.450 e. The summed E-state index contributed by atoms with van der Waals surface area (Å²) in [5, 5.41) is -0.263. The maximum Gasteiger partial charge on any atom is 0.368 e. The summed E-state index contributed by atoms with van der Waals surface area (Å²) in [6.45, 7) is 12.3. The summed E-state index contributed by atoms with van der Waals surface area (Å²) >= 11 is 1.20. The van der Waals surface area contributed by atoms with Crippen LogP contribution in [0.4, 0.5) is 4.79 Å². The van der Waals surface area contributed by atoms with Crippen molar-refractivity contribution < 1.29 is 23.7 Å². The van der Waals surface area contributed by atoms with E-state index in [1.54, 1.807) is 0 Å². The van der Waals surface area contributed by atoms with Crippen LogP contribution in [0, 0.1) is 0 Å². The molecule has 1 aliphatic heterocycles. The molecule has 6 heteroatoms. The molecule has 0 aromatic heterocycles. The molecule has 0 spiro atoms. The highest BCUT2D eigenvalue weighted by molar-refractivity contribution is 8.14. The van der Waals surface area contributed by atoms with E-state index < -0.39 is 0 Å². The molecule has 5 nitrogen and oxygen atoms in total. The van der Waals surface area contributed by atoms with Gasteiger partial charge < -0.3 is 18.9 Å². The van der Waals surface area contributed by atoms with Gasteiger partial charge in [0.05, 0.1) is 23.9 Å². The van der Waals surface area contributed by atoms with Crippen LogP contribution < -0.4 is 0 Å². The number of carbonyl (C=O) groups is 1. The van der Waals surface area contributed by atoms with Crippen molar-refractivity contribution in [3.63, 3.8) is 0 Å². The van der Waals surface area contributed by atoms with E-state index in [2.05, 4.69) is 0 Å². The average molecular weight is 359 g/mol. The van der Waals surface area contributed by atoms with Crippen LogP contribution >= 0.6 is 11.8 Å².